The number of carbonyl (C=O) groups is 1. The van der Waals surface area contributed by atoms with Crippen molar-refractivity contribution in [2.24, 2.45) is 5.10 Å². The first-order chi connectivity index (χ1) is 14.8. The summed E-state index contributed by atoms with van der Waals surface area (Å²) in [5.74, 6) is -0.690. The molecule has 1 heterocycles. The molecule has 0 aliphatic carbocycles. The van der Waals surface area contributed by atoms with Crippen LogP contribution in [0.15, 0.2) is 58.5 Å². The van der Waals surface area contributed by atoms with Crippen LogP contribution >= 0.6 is 0 Å². The molecule has 1 fully saturated rings. The Balaban J connectivity index is 1.76. The molecule has 0 unspecified atom stereocenters. The Kier molecular flexibility index (Phi) is 7.34. The quantitative estimate of drug-likeness (QED) is 0.515. The molecular weight excluding hydrogens is 428 g/mol. The number of hydrazone groups is 1. The van der Waals surface area contributed by atoms with Crippen molar-refractivity contribution in [3.05, 3.63) is 59.7 Å². The van der Waals surface area contributed by atoms with Crippen molar-refractivity contribution >= 4 is 21.6 Å². The van der Waals surface area contributed by atoms with E-state index in [0.29, 0.717) is 18.7 Å². The zero-order valence-electron chi connectivity index (χ0n) is 16.9. The van der Waals surface area contributed by atoms with Gasteiger partial charge in [0.1, 0.15) is 5.75 Å². The highest BCUT2D eigenvalue weighted by molar-refractivity contribution is 7.89. The SMILES string of the molecule is C/C(=N\NC(=O)c1cccc(S(=O)(=O)N2CCCCC2)c1)c1ccccc1OC(F)F. The van der Waals surface area contributed by atoms with Gasteiger partial charge in [0.2, 0.25) is 10.0 Å². The van der Waals surface area contributed by atoms with Crippen molar-refractivity contribution in [1.29, 1.82) is 0 Å². The molecule has 2 aromatic rings. The van der Waals surface area contributed by atoms with Crippen LogP contribution in [0.4, 0.5) is 8.78 Å². The minimum absolute atomic E-state index is 0.0402. The molecule has 1 aliphatic heterocycles. The van der Waals surface area contributed by atoms with E-state index in [1.807, 2.05) is 0 Å². The summed E-state index contributed by atoms with van der Waals surface area (Å²) in [6, 6.07) is 11.8. The highest BCUT2D eigenvalue weighted by atomic mass is 32.2. The predicted octanol–water partition coefficient (Wildman–Crippen LogP) is 3.62. The average molecular weight is 451 g/mol. The minimum atomic E-state index is -3.68. The first-order valence-electron chi connectivity index (χ1n) is 9.78. The molecule has 0 bridgehead atoms. The molecule has 1 saturated heterocycles. The number of ether oxygens (including phenoxy) is 1. The van der Waals surface area contributed by atoms with Crippen molar-refractivity contribution in [3.63, 3.8) is 0 Å². The number of nitrogens with zero attached hydrogens (tertiary/aromatic N) is 2. The van der Waals surface area contributed by atoms with Crippen LogP contribution in [0.25, 0.3) is 0 Å². The third-order valence-corrected chi connectivity index (χ3v) is 6.76. The van der Waals surface area contributed by atoms with Gasteiger partial charge >= 0.3 is 6.61 Å². The number of halogens is 2. The van der Waals surface area contributed by atoms with Crippen LogP contribution in [0.3, 0.4) is 0 Å². The van der Waals surface area contributed by atoms with Crippen molar-refractivity contribution in [3.8, 4) is 5.75 Å². The first-order valence-corrected chi connectivity index (χ1v) is 11.2. The van der Waals surface area contributed by atoms with Gasteiger partial charge < -0.3 is 4.74 Å². The molecule has 2 aromatic carbocycles. The first kappa shape index (κ1) is 22.8. The molecule has 0 saturated carbocycles. The number of carbonyl (C=O) groups excluding carboxylic acids is 1. The standard InChI is InChI=1S/C21H23F2N3O4S/c1-15(18-10-3-4-11-19(18)30-21(22)23)24-25-20(27)16-8-7-9-17(14-16)31(28,29)26-12-5-2-6-13-26/h3-4,7-11,14,21H,2,5-6,12-13H2,1H3,(H,25,27)/b24-15+. The molecule has 1 amide bonds. The van der Waals surface area contributed by atoms with Gasteiger partial charge in [0, 0.05) is 24.2 Å². The van der Waals surface area contributed by atoms with Crippen molar-refractivity contribution in [2.45, 2.75) is 37.7 Å². The van der Waals surface area contributed by atoms with E-state index in [2.05, 4.69) is 15.3 Å². The number of hydrogen-bond acceptors (Lipinski definition) is 5. The lowest BCUT2D eigenvalue weighted by Gasteiger charge is -2.25. The number of sulfonamides is 1. The summed E-state index contributed by atoms with van der Waals surface area (Å²) in [6.45, 7) is -0.538. The van der Waals surface area contributed by atoms with Gasteiger partial charge in [0.15, 0.2) is 0 Å². The third-order valence-electron chi connectivity index (χ3n) is 4.87. The Labute approximate surface area is 179 Å². The molecule has 1 aliphatic rings. The predicted molar refractivity (Wildman–Crippen MR) is 112 cm³/mol. The maximum absolute atomic E-state index is 12.8. The second-order valence-electron chi connectivity index (χ2n) is 7.01. The lowest BCUT2D eigenvalue weighted by molar-refractivity contribution is -0.0499. The van der Waals surface area contributed by atoms with Gasteiger partial charge in [0.25, 0.3) is 5.91 Å². The number of hydrogen-bond donors (Lipinski definition) is 1. The van der Waals surface area contributed by atoms with Gasteiger partial charge in [-0.25, -0.2) is 13.8 Å². The van der Waals surface area contributed by atoms with Crippen LogP contribution in [-0.4, -0.2) is 44.0 Å². The van der Waals surface area contributed by atoms with Gasteiger partial charge in [-0.1, -0.05) is 24.6 Å². The number of benzene rings is 2. The molecule has 0 atom stereocenters. The topological polar surface area (TPSA) is 88.1 Å². The summed E-state index contributed by atoms with van der Waals surface area (Å²) < 4.78 is 56.7. The summed E-state index contributed by atoms with van der Waals surface area (Å²) in [5.41, 5.74) is 3.00. The molecule has 31 heavy (non-hydrogen) atoms. The molecule has 0 aromatic heterocycles. The number of para-hydroxylation sites is 1. The largest absolute Gasteiger partial charge is 0.434 e. The van der Waals surface area contributed by atoms with Gasteiger partial charge in [-0.15, -0.1) is 0 Å². The molecule has 3 rings (SSSR count). The number of alkyl halides is 2. The fourth-order valence-corrected chi connectivity index (χ4v) is 4.84. The molecule has 166 valence electrons. The van der Waals surface area contributed by atoms with Crippen molar-refractivity contribution < 1.29 is 26.7 Å². The molecule has 7 nitrogen and oxygen atoms in total. The monoisotopic (exact) mass is 451 g/mol. The summed E-state index contributed by atoms with van der Waals surface area (Å²) in [7, 11) is -3.68. The number of piperidine rings is 1. The van der Waals surface area contributed by atoms with E-state index in [1.54, 1.807) is 12.1 Å². The zero-order chi connectivity index (χ0) is 22.4. The lowest BCUT2D eigenvalue weighted by atomic mass is 10.1. The van der Waals surface area contributed by atoms with Crippen LogP contribution in [0.1, 0.15) is 42.1 Å². The number of rotatable bonds is 7. The second-order valence-corrected chi connectivity index (χ2v) is 8.94. The highest BCUT2D eigenvalue weighted by Gasteiger charge is 2.26. The van der Waals surface area contributed by atoms with Crippen LogP contribution in [0, 0.1) is 0 Å². The maximum atomic E-state index is 12.8. The van der Waals surface area contributed by atoms with Crippen molar-refractivity contribution in [2.75, 3.05) is 13.1 Å². The summed E-state index contributed by atoms with van der Waals surface area (Å²) in [5, 5.41) is 3.95. The summed E-state index contributed by atoms with van der Waals surface area (Å²) in [6.07, 6.45) is 2.62. The van der Waals surface area contributed by atoms with Gasteiger partial charge in [-0.3, -0.25) is 4.79 Å². The lowest BCUT2D eigenvalue weighted by Crippen LogP contribution is -2.35. The number of nitrogens with one attached hydrogen (secondary N) is 1. The minimum Gasteiger partial charge on any atom is -0.434 e. The van der Waals surface area contributed by atoms with E-state index in [-0.39, 0.29) is 21.9 Å². The fraction of sp³-hybridized carbons (Fsp3) is 0.333. The third kappa shape index (κ3) is 5.65. The molecule has 10 heteroatoms. The average Bonchev–Trinajstić information content (AvgIpc) is 2.78. The van der Waals surface area contributed by atoms with E-state index >= 15 is 0 Å². The smallest absolute Gasteiger partial charge is 0.387 e. The summed E-state index contributed by atoms with van der Waals surface area (Å²) >= 11 is 0. The van der Waals surface area contributed by atoms with Crippen LogP contribution in [-0.2, 0) is 10.0 Å². The van der Waals surface area contributed by atoms with Crippen LogP contribution < -0.4 is 10.2 Å². The normalized spacial score (nSPS) is 15.7. The van der Waals surface area contributed by atoms with Crippen LogP contribution in [0.5, 0.6) is 5.75 Å². The Bertz CT molecular complexity index is 1070. The second kappa shape index (κ2) is 9.97. The summed E-state index contributed by atoms with van der Waals surface area (Å²) in [4.78, 5) is 12.6. The Morgan fingerprint density at radius 3 is 2.52 bits per heavy atom. The van der Waals surface area contributed by atoms with Gasteiger partial charge in [0.05, 0.1) is 10.6 Å². The molecule has 0 radical (unpaired) electrons. The zero-order valence-corrected chi connectivity index (χ0v) is 17.7. The Morgan fingerprint density at radius 1 is 1.10 bits per heavy atom. The van der Waals surface area contributed by atoms with Gasteiger partial charge in [-0.05, 0) is 50.1 Å². The molecule has 0 spiro atoms. The Hall–Kier alpha value is -2.85. The van der Waals surface area contributed by atoms with E-state index in [0.717, 1.165) is 19.3 Å². The van der Waals surface area contributed by atoms with Crippen LogP contribution in [0.2, 0.25) is 0 Å². The highest BCUT2D eigenvalue weighted by Crippen LogP contribution is 2.22. The van der Waals surface area contributed by atoms with E-state index in [9.17, 15) is 22.0 Å². The number of amides is 1. The molecule has 1 N–H and O–H groups in total. The maximum Gasteiger partial charge on any atom is 0.387 e. The Morgan fingerprint density at radius 2 is 1.81 bits per heavy atom. The van der Waals surface area contributed by atoms with Crippen molar-refractivity contribution in [1.82, 2.24) is 9.73 Å². The van der Waals surface area contributed by atoms with E-state index in [1.165, 1.54) is 47.6 Å². The van der Waals surface area contributed by atoms with E-state index < -0.39 is 22.5 Å². The van der Waals surface area contributed by atoms with E-state index in [4.69, 9.17) is 0 Å². The molecular formula is C21H23F2N3O4S. The fourth-order valence-electron chi connectivity index (χ4n) is 3.28. The van der Waals surface area contributed by atoms with Gasteiger partial charge in [-0.2, -0.15) is 18.2 Å².